The van der Waals surface area contributed by atoms with Crippen LogP contribution in [0.15, 0.2) is 52.6 Å². The Hall–Kier alpha value is -3.03. The molecule has 154 valence electrons. The monoisotopic (exact) mass is 422 g/mol. The maximum Gasteiger partial charge on any atom is 0.329 e. The van der Waals surface area contributed by atoms with Crippen LogP contribution in [0.1, 0.15) is 19.7 Å². The predicted molar refractivity (Wildman–Crippen MR) is 119 cm³/mol. The van der Waals surface area contributed by atoms with Crippen LogP contribution in [0.3, 0.4) is 0 Å². The molecular formula is C23H22N2O4S. The Balaban J connectivity index is 1.99. The average Bonchev–Trinajstić information content (AvgIpc) is 3.16. The van der Waals surface area contributed by atoms with Crippen molar-refractivity contribution in [2.24, 2.45) is 0 Å². The van der Waals surface area contributed by atoms with Crippen molar-refractivity contribution in [2.75, 3.05) is 13.7 Å². The zero-order valence-electron chi connectivity index (χ0n) is 17.0. The molecule has 4 rings (SSSR count). The van der Waals surface area contributed by atoms with Crippen molar-refractivity contribution in [1.29, 1.82) is 0 Å². The molecule has 30 heavy (non-hydrogen) atoms. The van der Waals surface area contributed by atoms with Crippen molar-refractivity contribution in [3.8, 4) is 11.1 Å². The van der Waals surface area contributed by atoms with Gasteiger partial charge in [-0.3, -0.25) is 9.36 Å². The molecule has 0 spiro atoms. The zero-order chi connectivity index (χ0) is 21.5. The second-order valence-corrected chi connectivity index (χ2v) is 8.53. The van der Waals surface area contributed by atoms with Crippen LogP contribution in [0.4, 0.5) is 0 Å². The van der Waals surface area contributed by atoms with Gasteiger partial charge in [-0.2, -0.15) is 0 Å². The van der Waals surface area contributed by atoms with E-state index >= 15 is 0 Å². The summed E-state index contributed by atoms with van der Waals surface area (Å²) >= 11 is 1.39. The lowest BCUT2D eigenvalue weighted by molar-refractivity contribution is -0.146. The highest BCUT2D eigenvalue weighted by atomic mass is 32.1. The standard InChI is InChI=1S/C23H22N2O4S/c1-23(2,22(27)28)25-18(10-11-29-3)24-20-19(21(25)26)17(13-30-20)16-9-8-14-6-4-5-7-15(14)12-16/h4-9,12-13H,10-11H2,1-3H3,(H,27,28). The number of methoxy groups -OCH3 is 1. The largest absolute Gasteiger partial charge is 0.480 e. The summed E-state index contributed by atoms with van der Waals surface area (Å²) in [6.07, 6.45) is 0.349. The number of thiophene rings is 1. The second kappa shape index (κ2) is 7.66. The molecule has 2 aromatic carbocycles. The van der Waals surface area contributed by atoms with E-state index in [1.54, 1.807) is 7.11 Å². The lowest BCUT2D eigenvalue weighted by Crippen LogP contribution is -2.45. The van der Waals surface area contributed by atoms with E-state index in [1.807, 2.05) is 47.8 Å². The number of aromatic nitrogens is 2. The molecule has 4 aromatic rings. The minimum atomic E-state index is -1.44. The lowest BCUT2D eigenvalue weighted by atomic mass is 10.0. The third kappa shape index (κ3) is 3.30. The van der Waals surface area contributed by atoms with E-state index in [4.69, 9.17) is 4.74 Å². The number of hydrogen-bond donors (Lipinski definition) is 1. The van der Waals surface area contributed by atoms with E-state index in [0.717, 1.165) is 21.9 Å². The molecule has 0 saturated heterocycles. The highest BCUT2D eigenvalue weighted by Gasteiger charge is 2.34. The van der Waals surface area contributed by atoms with Crippen molar-refractivity contribution in [1.82, 2.24) is 9.55 Å². The van der Waals surface area contributed by atoms with Crippen LogP contribution >= 0.6 is 11.3 Å². The van der Waals surface area contributed by atoms with Crippen molar-refractivity contribution in [2.45, 2.75) is 25.8 Å². The first-order valence-corrected chi connectivity index (χ1v) is 10.5. The quantitative estimate of drug-likeness (QED) is 0.501. The van der Waals surface area contributed by atoms with Gasteiger partial charge >= 0.3 is 5.97 Å². The van der Waals surface area contributed by atoms with Crippen LogP contribution in [0.5, 0.6) is 0 Å². The van der Waals surface area contributed by atoms with Gasteiger partial charge in [0, 0.05) is 24.5 Å². The van der Waals surface area contributed by atoms with Gasteiger partial charge < -0.3 is 9.84 Å². The van der Waals surface area contributed by atoms with E-state index in [-0.39, 0.29) is 5.56 Å². The molecule has 0 aliphatic heterocycles. The highest BCUT2D eigenvalue weighted by Crippen LogP contribution is 2.33. The smallest absolute Gasteiger partial charge is 0.329 e. The predicted octanol–water partition coefficient (Wildman–Crippen LogP) is 4.29. The maximum atomic E-state index is 13.6. The molecule has 0 saturated carbocycles. The number of nitrogens with zero attached hydrogens (tertiary/aromatic N) is 2. The van der Waals surface area contributed by atoms with Crippen molar-refractivity contribution < 1.29 is 14.6 Å². The van der Waals surface area contributed by atoms with E-state index in [2.05, 4.69) is 4.98 Å². The molecule has 0 radical (unpaired) electrons. The summed E-state index contributed by atoms with van der Waals surface area (Å²) in [4.78, 5) is 30.8. The Labute approximate surface area is 177 Å². The number of benzene rings is 2. The first-order chi connectivity index (χ1) is 14.3. The molecule has 0 aliphatic rings. The number of carbonyl (C=O) groups is 1. The fraction of sp³-hybridized carbons (Fsp3) is 0.261. The Kier molecular flexibility index (Phi) is 5.17. The maximum absolute atomic E-state index is 13.6. The topological polar surface area (TPSA) is 81.4 Å². The molecule has 0 bridgehead atoms. The van der Waals surface area contributed by atoms with Crippen LogP contribution in [-0.4, -0.2) is 34.3 Å². The summed E-state index contributed by atoms with van der Waals surface area (Å²) < 4.78 is 6.44. The van der Waals surface area contributed by atoms with Gasteiger partial charge in [0.15, 0.2) is 0 Å². The summed E-state index contributed by atoms with van der Waals surface area (Å²) in [7, 11) is 1.56. The minimum Gasteiger partial charge on any atom is -0.480 e. The zero-order valence-corrected chi connectivity index (χ0v) is 17.8. The summed E-state index contributed by atoms with van der Waals surface area (Å²) in [6, 6.07) is 14.1. The van der Waals surface area contributed by atoms with Gasteiger partial charge in [0.25, 0.3) is 5.56 Å². The van der Waals surface area contributed by atoms with E-state index < -0.39 is 11.5 Å². The van der Waals surface area contributed by atoms with E-state index in [9.17, 15) is 14.7 Å². The molecule has 0 unspecified atom stereocenters. The fourth-order valence-corrected chi connectivity index (χ4v) is 4.59. The number of carboxylic acid groups (broad SMARTS) is 1. The third-order valence-corrected chi connectivity index (χ3v) is 6.22. The van der Waals surface area contributed by atoms with Gasteiger partial charge in [-0.05, 0) is 36.2 Å². The van der Waals surface area contributed by atoms with Crippen molar-refractivity contribution >= 4 is 38.3 Å². The summed E-state index contributed by atoms with van der Waals surface area (Å²) in [5, 5.41) is 14.3. The van der Waals surface area contributed by atoms with Crippen LogP contribution in [-0.2, 0) is 21.5 Å². The molecule has 1 N–H and O–H groups in total. The van der Waals surface area contributed by atoms with Crippen LogP contribution < -0.4 is 5.56 Å². The van der Waals surface area contributed by atoms with Gasteiger partial charge in [0.05, 0.1) is 12.0 Å². The fourth-order valence-electron chi connectivity index (χ4n) is 3.64. The number of hydrogen-bond acceptors (Lipinski definition) is 5. The molecular weight excluding hydrogens is 400 g/mol. The van der Waals surface area contributed by atoms with Gasteiger partial charge in [-0.1, -0.05) is 36.4 Å². The molecule has 2 heterocycles. The molecule has 0 atom stereocenters. The lowest BCUT2D eigenvalue weighted by Gasteiger charge is -2.25. The minimum absolute atomic E-state index is 0.344. The highest BCUT2D eigenvalue weighted by molar-refractivity contribution is 7.17. The summed E-state index contributed by atoms with van der Waals surface area (Å²) in [5.74, 6) is -0.680. The Morgan fingerprint density at radius 2 is 1.93 bits per heavy atom. The van der Waals surface area contributed by atoms with Crippen molar-refractivity contribution in [3.63, 3.8) is 0 Å². The average molecular weight is 423 g/mol. The summed E-state index contributed by atoms with van der Waals surface area (Å²) in [5.41, 5.74) is -0.109. The first kappa shape index (κ1) is 20.3. The normalized spacial score (nSPS) is 12.0. The molecule has 0 aliphatic carbocycles. The third-order valence-electron chi connectivity index (χ3n) is 5.35. The second-order valence-electron chi connectivity index (χ2n) is 7.67. The number of ether oxygens (including phenoxy) is 1. The summed E-state index contributed by atoms with van der Waals surface area (Å²) in [6.45, 7) is 3.38. The Morgan fingerprint density at radius 3 is 2.63 bits per heavy atom. The number of rotatable bonds is 6. The van der Waals surface area contributed by atoms with E-state index in [0.29, 0.717) is 29.1 Å². The van der Waals surface area contributed by atoms with Gasteiger partial charge in [0.2, 0.25) is 0 Å². The van der Waals surface area contributed by atoms with Crippen LogP contribution in [0.25, 0.3) is 32.1 Å². The Bertz CT molecular complexity index is 1320. The Morgan fingerprint density at radius 1 is 1.20 bits per heavy atom. The van der Waals surface area contributed by atoms with Crippen molar-refractivity contribution in [3.05, 3.63) is 64.0 Å². The van der Waals surface area contributed by atoms with Gasteiger partial charge in [0.1, 0.15) is 16.2 Å². The van der Waals surface area contributed by atoms with Crippen LogP contribution in [0.2, 0.25) is 0 Å². The first-order valence-electron chi connectivity index (χ1n) is 9.59. The number of carboxylic acids is 1. The van der Waals surface area contributed by atoms with Crippen LogP contribution in [0, 0.1) is 0 Å². The molecule has 7 heteroatoms. The molecule has 6 nitrogen and oxygen atoms in total. The molecule has 0 amide bonds. The molecule has 2 aromatic heterocycles. The van der Waals surface area contributed by atoms with Gasteiger partial charge in [-0.25, -0.2) is 9.78 Å². The molecule has 0 fully saturated rings. The number of fused-ring (bicyclic) bond motifs is 2. The van der Waals surface area contributed by atoms with E-state index in [1.165, 1.54) is 29.8 Å². The number of aliphatic carboxylic acids is 1. The van der Waals surface area contributed by atoms with Gasteiger partial charge in [-0.15, -0.1) is 11.3 Å². The SMILES string of the molecule is COCCc1nc2scc(-c3ccc4ccccc4c3)c2c(=O)n1C(C)(C)C(=O)O.